The number of benzene rings is 2. The zero-order valence-corrected chi connectivity index (χ0v) is 12.8. The number of carbonyl (C=O) groups is 1. The fourth-order valence-electron chi connectivity index (χ4n) is 2.03. The maximum absolute atomic E-state index is 12.2. The number of phenolic OH excluding ortho intramolecular Hbond substituents is 1. The van der Waals surface area contributed by atoms with Crippen LogP contribution in [0.15, 0.2) is 48.0 Å². The largest absolute Gasteiger partial charge is 0.504 e. The molecule has 2 aromatic carbocycles. The van der Waals surface area contributed by atoms with Crippen LogP contribution in [0.2, 0.25) is 0 Å². The molecule has 0 fully saturated rings. The number of nitrogens with one attached hydrogen (secondary N) is 1. The molecular formula is C18H16N2O3. The van der Waals surface area contributed by atoms with E-state index in [9.17, 15) is 15.2 Å². The molecule has 5 nitrogen and oxygen atoms in total. The summed E-state index contributed by atoms with van der Waals surface area (Å²) in [6.07, 6.45) is 1.41. The lowest BCUT2D eigenvalue weighted by atomic mass is 10.1. The van der Waals surface area contributed by atoms with Crippen LogP contribution in [-0.2, 0) is 4.79 Å². The molecule has 0 aliphatic rings. The summed E-state index contributed by atoms with van der Waals surface area (Å²) in [6, 6.07) is 13.8. The Hall–Kier alpha value is -3.26. The Labute approximate surface area is 134 Å². The van der Waals surface area contributed by atoms with Crippen molar-refractivity contribution in [3.8, 4) is 17.6 Å². The number of aryl methyl sites for hydroxylation is 1. The van der Waals surface area contributed by atoms with E-state index in [2.05, 4.69) is 5.32 Å². The first-order valence-electron chi connectivity index (χ1n) is 6.90. The van der Waals surface area contributed by atoms with E-state index in [4.69, 9.17) is 4.74 Å². The number of phenols is 1. The number of nitrogens with zero attached hydrogens (tertiary/aromatic N) is 1. The summed E-state index contributed by atoms with van der Waals surface area (Å²) in [7, 11) is 1.45. The monoisotopic (exact) mass is 308 g/mol. The van der Waals surface area contributed by atoms with Crippen molar-refractivity contribution in [3.05, 3.63) is 59.2 Å². The zero-order valence-electron chi connectivity index (χ0n) is 12.8. The number of ether oxygens (including phenoxy) is 1. The minimum Gasteiger partial charge on any atom is -0.504 e. The first kappa shape index (κ1) is 16.1. The quantitative estimate of drug-likeness (QED) is 0.671. The van der Waals surface area contributed by atoms with Crippen LogP contribution in [-0.4, -0.2) is 18.1 Å². The van der Waals surface area contributed by atoms with Gasteiger partial charge in [-0.1, -0.05) is 18.2 Å². The second-order valence-corrected chi connectivity index (χ2v) is 4.92. The summed E-state index contributed by atoms with van der Waals surface area (Å²) >= 11 is 0. The Kier molecular flexibility index (Phi) is 5.00. The van der Waals surface area contributed by atoms with Gasteiger partial charge in [-0.25, -0.2) is 0 Å². The third kappa shape index (κ3) is 4.11. The van der Waals surface area contributed by atoms with Crippen LogP contribution in [0.4, 0.5) is 5.69 Å². The summed E-state index contributed by atoms with van der Waals surface area (Å²) in [5.74, 6) is -0.240. The summed E-state index contributed by atoms with van der Waals surface area (Å²) in [4.78, 5) is 12.2. The highest BCUT2D eigenvalue weighted by molar-refractivity contribution is 6.09. The van der Waals surface area contributed by atoms with Crippen molar-refractivity contribution in [2.45, 2.75) is 6.92 Å². The maximum atomic E-state index is 12.2. The molecule has 5 heteroatoms. The van der Waals surface area contributed by atoms with Gasteiger partial charge < -0.3 is 15.2 Å². The van der Waals surface area contributed by atoms with Crippen molar-refractivity contribution in [2.75, 3.05) is 12.4 Å². The summed E-state index contributed by atoms with van der Waals surface area (Å²) < 4.78 is 4.95. The topological polar surface area (TPSA) is 82.3 Å². The van der Waals surface area contributed by atoms with Crippen LogP contribution >= 0.6 is 0 Å². The van der Waals surface area contributed by atoms with Gasteiger partial charge in [0.1, 0.15) is 11.6 Å². The smallest absolute Gasteiger partial charge is 0.266 e. The van der Waals surface area contributed by atoms with Crippen LogP contribution < -0.4 is 10.1 Å². The van der Waals surface area contributed by atoms with Gasteiger partial charge in [-0.05, 0) is 48.4 Å². The lowest BCUT2D eigenvalue weighted by Gasteiger charge is -2.06. The van der Waals surface area contributed by atoms with E-state index in [-0.39, 0.29) is 11.3 Å². The molecule has 2 rings (SSSR count). The second-order valence-electron chi connectivity index (χ2n) is 4.92. The molecule has 1 amide bonds. The van der Waals surface area contributed by atoms with Crippen LogP contribution in [0, 0.1) is 18.3 Å². The molecule has 0 aliphatic heterocycles. The minimum absolute atomic E-state index is 0.0577. The molecule has 0 saturated heterocycles. The van der Waals surface area contributed by atoms with E-state index in [1.807, 2.05) is 31.2 Å². The van der Waals surface area contributed by atoms with Gasteiger partial charge >= 0.3 is 0 Å². The van der Waals surface area contributed by atoms with Gasteiger partial charge in [-0.2, -0.15) is 5.26 Å². The van der Waals surface area contributed by atoms with Crippen molar-refractivity contribution in [1.82, 2.24) is 0 Å². The number of methoxy groups -OCH3 is 1. The van der Waals surface area contributed by atoms with Gasteiger partial charge in [-0.3, -0.25) is 4.79 Å². The van der Waals surface area contributed by atoms with Crippen molar-refractivity contribution in [3.63, 3.8) is 0 Å². The zero-order chi connectivity index (χ0) is 16.8. The SMILES string of the molecule is COc1ccc(/C=C(/C#N)C(=O)Nc2cccc(C)c2)cc1O. The molecule has 0 saturated carbocycles. The number of hydrogen-bond acceptors (Lipinski definition) is 4. The van der Waals surface area contributed by atoms with Crippen LogP contribution in [0.25, 0.3) is 6.08 Å². The predicted octanol–water partition coefficient (Wildman–Crippen LogP) is 3.25. The highest BCUT2D eigenvalue weighted by atomic mass is 16.5. The van der Waals surface area contributed by atoms with Gasteiger partial charge in [0.05, 0.1) is 7.11 Å². The lowest BCUT2D eigenvalue weighted by molar-refractivity contribution is -0.112. The van der Waals surface area contributed by atoms with E-state index in [0.29, 0.717) is 17.0 Å². The Morgan fingerprint density at radius 1 is 1.30 bits per heavy atom. The van der Waals surface area contributed by atoms with E-state index in [1.165, 1.54) is 19.3 Å². The van der Waals surface area contributed by atoms with Gasteiger partial charge in [0.15, 0.2) is 11.5 Å². The van der Waals surface area contributed by atoms with Crippen LogP contribution in [0.5, 0.6) is 11.5 Å². The molecule has 0 spiro atoms. The van der Waals surface area contributed by atoms with Crippen molar-refractivity contribution >= 4 is 17.7 Å². The minimum atomic E-state index is -0.506. The molecule has 2 aromatic rings. The summed E-state index contributed by atoms with van der Waals surface area (Å²) in [6.45, 7) is 1.91. The Morgan fingerprint density at radius 2 is 2.09 bits per heavy atom. The Morgan fingerprint density at radius 3 is 2.70 bits per heavy atom. The molecule has 0 aromatic heterocycles. The summed E-state index contributed by atoms with van der Waals surface area (Å²) in [5, 5.41) is 21.6. The first-order valence-corrected chi connectivity index (χ1v) is 6.90. The van der Waals surface area contributed by atoms with Crippen LogP contribution in [0.3, 0.4) is 0 Å². The molecular weight excluding hydrogens is 292 g/mol. The average Bonchev–Trinajstić information content (AvgIpc) is 2.52. The Bertz CT molecular complexity index is 804. The molecule has 0 atom stereocenters. The normalized spacial score (nSPS) is 10.7. The van der Waals surface area contributed by atoms with Gasteiger partial charge in [0.2, 0.25) is 0 Å². The molecule has 0 bridgehead atoms. The third-order valence-electron chi connectivity index (χ3n) is 3.15. The molecule has 23 heavy (non-hydrogen) atoms. The highest BCUT2D eigenvalue weighted by Gasteiger charge is 2.10. The number of aromatic hydroxyl groups is 1. The number of amides is 1. The third-order valence-corrected chi connectivity index (χ3v) is 3.15. The number of anilines is 1. The van der Waals surface area contributed by atoms with E-state index in [0.717, 1.165) is 5.56 Å². The van der Waals surface area contributed by atoms with Crippen molar-refractivity contribution in [1.29, 1.82) is 5.26 Å². The number of carbonyl (C=O) groups excluding carboxylic acids is 1. The molecule has 116 valence electrons. The van der Waals surface area contributed by atoms with Gasteiger partial charge in [0.25, 0.3) is 5.91 Å². The molecule has 0 unspecified atom stereocenters. The van der Waals surface area contributed by atoms with Gasteiger partial charge in [-0.15, -0.1) is 0 Å². The molecule has 0 radical (unpaired) electrons. The fraction of sp³-hybridized carbons (Fsp3) is 0.111. The standard InChI is InChI=1S/C18H16N2O3/c1-12-4-3-5-15(8-12)20-18(22)14(11-19)9-13-6-7-17(23-2)16(21)10-13/h3-10,21H,1-2H3,(H,20,22)/b14-9-. The molecule has 0 aliphatic carbocycles. The van der Waals surface area contributed by atoms with E-state index < -0.39 is 5.91 Å². The van der Waals surface area contributed by atoms with E-state index >= 15 is 0 Å². The molecule has 2 N–H and O–H groups in total. The van der Waals surface area contributed by atoms with Crippen molar-refractivity contribution < 1.29 is 14.6 Å². The van der Waals surface area contributed by atoms with E-state index in [1.54, 1.807) is 18.2 Å². The number of rotatable bonds is 4. The average molecular weight is 308 g/mol. The highest BCUT2D eigenvalue weighted by Crippen LogP contribution is 2.27. The number of hydrogen-bond donors (Lipinski definition) is 2. The van der Waals surface area contributed by atoms with Crippen LogP contribution in [0.1, 0.15) is 11.1 Å². The second kappa shape index (κ2) is 7.14. The Balaban J connectivity index is 2.23. The lowest BCUT2D eigenvalue weighted by Crippen LogP contribution is -2.13. The van der Waals surface area contributed by atoms with Gasteiger partial charge in [0, 0.05) is 5.69 Å². The first-order chi connectivity index (χ1) is 11.0. The summed E-state index contributed by atoms with van der Waals surface area (Å²) in [5.41, 5.74) is 2.09. The fourth-order valence-corrected chi connectivity index (χ4v) is 2.03. The predicted molar refractivity (Wildman–Crippen MR) is 88.1 cm³/mol. The van der Waals surface area contributed by atoms with Crippen molar-refractivity contribution in [2.24, 2.45) is 0 Å². The maximum Gasteiger partial charge on any atom is 0.266 e. The molecule has 0 heterocycles. The number of nitriles is 1.